The Morgan fingerprint density at radius 2 is 1.47 bits per heavy atom. The minimum absolute atomic E-state index is 0.0550. The first-order valence-electron chi connectivity index (χ1n) is 10.3. The first-order chi connectivity index (χ1) is 15.4. The molecule has 2 aromatic rings. The molecule has 2 heterocycles. The maximum atomic E-state index is 12.7. The molecule has 2 fully saturated rings. The molecule has 0 aliphatic carbocycles. The summed E-state index contributed by atoms with van der Waals surface area (Å²) >= 11 is 0. The third-order valence-electron chi connectivity index (χ3n) is 5.76. The summed E-state index contributed by atoms with van der Waals surface area (Å²) in [5.74, 6) is -0.169. The number of piperazine rings is 1. The van der Waals surface area contributed by atoms with E-state index in [2.05, 4.69) is 4.90 Å². The van der Waals surface area contributed by atoms with Gasteiger partial charge >= 0.3 is 0 Å². The van der Waals surface area contributed by atoms with Crippen LogP contribution in [0.1, 0.15) is 10.4 Å². The number of rotatable bonds is 5. The number of nitro groups is 2. The van der Waals surface area contributed by atoms with E-state index in [-0.39, 0.29) is 22.2 Å². The Morgan fingerprint density at radius 3 is 2.06 bits per heavy atom. The monoisotopic (exact) mass is 441 g/mol. The summed E-state index contributed by atoms with van der Waals surface area (Å²) in [5.41, 5.74) is 1.89. The number of carbonyl (C=O) groups excluding carboxylic acids is 1. The fraction of sp³-hybridized carbons (Fsp3) is 0.381. The summed E-state index contributed by atoms with van der Waals surface area (Å²) < 4.78 is 5.36. The van der Waals surface area contributed by atoms with Crippen molar-refractivity contribution >= 4 is 28.7 Å². The average Bonchev–Trinajstić information content (AvgIpc) is 2.84. The van der Waals surface area contributed by atoms with Gasteiger partial charge in [-0.25, -0.2) is 0 Å². The highest BCUT2D eigenvalue weighted by Gasteiger charge is 2.26. The molecule has 0 radical (unpaired) electrons. The molecule has 1 amide bonds. The van der Waals surface area contributed by atoms with E-state index in [1.165, 1.54) is 30.3 Å². The van der Waals surface area contributed by atoms with E-state index in [0.717, 1.165) is 5.69 Å². The van der Waals surface area contributed by atoms with Gasteiger partial charge in [-0.05, 0) is 24.3 Å². The molecule has 2 aliphatic heterocycles. The topological polar surface area (TPSA) is 122 Å². The third-order valence-corrected chi connectivity index (χ3v) is 5.76. The van der Waals surface area contributed by atoms with Gasteiger partial charge in [-0.15, -0.1) is 0 Å². The molecule has 2 saturated heterocycles. The van der Waals surface area contributed by atoms with Crippen LogP contribution >= 0.6 is 0 Å². The zero-order chi connectivity index (χ0) is 22.7. The lowest BCUT2D eigenvalue weighted by atomic mass is 10.1. The van der Waals surface area contributed by atoms with Crippen LogP contribution in [0.5, 0.6) is 0 Å². The van der Waals surface area contributed by atoms with E-state index >= 15 is 0 Å². The van der Waals surface area contributed by atoms with Crippen molar-refractivity contribution < 1.29 is 19.4 Å². The molecule has 4 rings (SSSR count). The van der Waals surface area contributed by atoms with Gasteiger partial charge in [0.05, 0.1) is 23.1 Å². The molecule has 0 saturated carbocycles. The van der Waals surface area contributed by atoms with Gasteiger partial charge in [-0.3, -0.25) is 25.0 Å². The first-order valence-corrected chi connectivity index (χ1v) is 10.3. The van der Waals surface area contributed by atoms with Crippen LogP contribution in [0.15, 0.2) is 42.5 Å². The highest BCUT2D eigenvalue weighted by molar-refractivity contribution is 5.94. The number of ether oxygens (including phenoxy) is 1. The van der Waals surface area contributed by atoms with Crippen LogP contribution in [0.3, 0.4) is 0 Å². The quantitative estimate of drug-likeness (QED) is 0.512. The first kappa shape index (κ1) is 21.5. The third kappa shape index (κ3) is 4.47. The largest absolute Gasteiger partial charge is 0.378 e. The zero-order valence-corrected chi connectivity index (χ0v) is 17.4. The summed E-state index contributed by atoms with van der Waals surface area (Å²) in [6, 6.07) is 10.7. The van der Waals surface area contributed by atoms with Gasteiger partial charge in [0, 0.05) is 68.7 Å². The van der Waals surface area contributed by atoms with Gasteiger partial charge in [0.2, 0.25) is 0 Å². The number of morpholine rings is 1. The lowest BCUT2D eigenvalue weighted by Gasteiger charge is -2.37. The van der Waals surface area contributed by atoms with Crippen LogP contribution in [0.25, 0.3) is 0 Å². The number of nitrogens with zero attached hydrogens (tertiary/aromatic N) is 5. The summed E-state index contributed by atoms with van der Waals surface area (Å²) in [4.78, 5) is 40.0. The van der Waals surface area contributed by atoms with Crippen molar-refractivity contribution in [3.05, 3.63) is 68.3 Å². The summed E-state index contributed by atoms with van der Waals surface area (Å²) in [6.07, 6.45) is 0. The van der Waals surface area contributed by atoms with Crippen molar-refractivity contribution in [2.45, 2.75) is 0 Å². The molecule has 0 bridgehead atoms. The second-order valence-corrected chi connectivity index (χ2v) is 7.61. The summed E-state index contributed by atoms with van der Waals surface area (Å²) in [6.45, 7) is 4.40. The van der Waals surface area contributed by atoms with Gasteiger partial charge in [-0.2, -0.15) is 0 Å². The number of benzene rings is 2. The van der Waals surface area contributed by atoms with Crippen LogP contribution in [-0.4, -0.2) is 73.1 Å². The maximum Gasteiger partial charge on any atom is 0.292 e. The van der Waals surface area contributed by atoms with E-state index in [1.54, 1.807) is 11.0 Å². The van der Waals surface area contributed by atoms with Crippen molar-refractivity contribution in [1.82, 2.24) is 4.90 Å². The van der Waals surface area contributed by atoms with E-state index in [9.17, 15) is 25.0 Å². The number of amides is 1. The fourth-order valence-electron chi connectivity index (χ4n) is 4.00. The van der Waals surface area contributed by atoms with Gasteiger partial charge < -0.3 is 19.4 Å². The highest BCUT2D eigenvalue weighted by Crippen LogP contribution is 2.33. The SMILES string of the molecule is O=C(c1ccc([N+](=O)[O-])cc1)N1CCN(c2ccc([N+](=O)[O-])c(N3CCOCC3)c2)CC1. The molecule has 2 aromatic carbocycles. The van der Waals surface area contributed by atoms with Crippen LogP contribution in [0.4, 0.5) is 22.7 Å². The number of carbonyl (C=O) groups is 1. The molecule has 11 nitrogen and oxygen atoms in total. The summed E-state index contributed by atoms with van der Waals surface area (Å²) in [5, 5.41) is 22.3. The van der Waals surface area contributed by atoms with Crippen molar-refractivity contribution in [1.29, 1.82) is 0 Å². The normalized spacial score (nSPS) is 16.7. The second kappa shape index (κ2) is 9.18. The molecule has 32 heavy (non-hydrogen) atoms. The van der Waals surface area contributed by atoms with Gasteiger partial charge in [0.25, 0.3) is 17.3 Å². The molecule has 168 valence electrons. The van der Waals surface area contributed by atoms with Crippen molar-refractivity contribution in [2.24, 2.45) is 0 Å². The molecule has 0 spiro atoms. The Balaban J connectivity index is 1.45. The molecular formula is C21H23N5O6. The molecule has 0 unspecified atom stereocenters. The average molecular weight is 441 g/mol. The van der Waals surface area contributed by atoms with Crippen molar-refractivity contribution in [2.75, 3.05) is 62.3 Å². The van der Waals surface area contributed by atoms with Crippen LogP contribution in [0.2, 0.25) is 0 Å². The standard InChI is InChI=1S/C21H23N5O6/c27-21(16-1-3-17(4-2-16)25(28)29)24-9-7-22(8-10-24)18-5-6-19(26(30)31)20(15-18)23-11-13-32-14-12-23/h1-6,15H,7-14H2. The van der Waals surface area contributed by atoms with Gasteiger partial charge in [0.1, 0.15) is 5.69 Å². The van der Waals surface area contributed by atoms with Crippen molar-refractivity contribution in [3.8, 4) is 0 Å². The van der Waals surface area contributed by atoms with E-state index < -0.39 is 4.92 Å². The van der Waals surface area contributed by atoms with Crippen LogP contribution in [0, 0.1) is 20.2 Å². The Labute approximate surface area is 184 Å². The number of hydrogen-bond acceptors (Lipinski definition) is 8. The summed E-state index contributed by atoms with van der Waals surface area (Å²) in [7, 11) is 0. The van der Waals surface area contributed by atoms with E-state index in [4.69, 9.17) is 4.74 Å². The lowest BCUT2D eigenvalue weighted by Crippen LogP contribution is -2.48. The maximum absolute atomic E-state index is 12.7. The predicted octanol–water partition coefficient (Wildman–Crippen LogP) is 2.30. The highest BCUT2D eigenvalue weighted by atomic mass is 16.6. The van der Waals surface area contributed by atoms with E-state index in [1.807, 2.05) is 11.0 Å². The molecule has 2 aliphatic rings. The number of anilines is 2. The molecule has 0 aromatic heterocycles. The Kier molecular flexibility index (Phi) is 6.17. The minimum atomic E-state index is -0.498. The molecule has 0 atom stereocenters. The fourth-order valence-corrected chi connectivity index (χ4v) is 4.00. The smallest absolute Gasteiger partial charge is 0.292 e. The van der Waals surface area contributed by atoms with Crippen LogP contribution < -0.4 is 9.80 Å². The number of hydrogen-bond donors (Lipinski definition) is 0. The minimum Gasteiger partial charge on any atom is -0.378 e. The lowest BCUT2D eigenvalue weighted by molar-refractivity contribution is -0.384. The molecule has 11 heteroatoms. The zero-order valence-electron chi connectivity index (χ0n) is 17.4. The number of nitro benzene ring substituents is 2. The van der Waals surface area contributed by atoms with Gasteiger partial charge in [-0.1, -0.05) is 0 Å². The Morgan fingerprint density at radius 1 is 0.812 bits per heavy atom. The van der Waals surface area contributed by atoms with Crippen LogP contribution in [-0.2, 0) is 4.74 Å². The Bertz CT molecular complexity index is 1010. The van der Waals surface area contributed by atoms with E-state index in [0.29, 0.717) is 63.7 Å². The molecular weight excluding hydrogens is 418 g/mol. The predicted molar refractivity (Wildman–Crippen MR) is 117 cm³/mol. The van der Waals surface area contributed by atoms with Crippen molar-refractivity contribution in [3.63, 3.8) is 0 Å². The number of non-ortho nitro benzene ring substituents is 1. The Hall–Kier alpha value is -3.73. The molecule has 0 N–H and O–H groups in total. The second-order valence-electron chi connectivity index (χ2n) is 7.61. The van der Waals surface area contributed by atoms with Gasteiger partial charge in [0.15, 0.2) is 0 Å².